The number of unbranched alkanes of at least 4 members (excludes halogenated alkanes) is 5. The highest BCUT2D eigenvalue weighted by Crippen LogP contribution is 2.48. The summed E-state index contributed by atoms with van der Waals surface area (Å²) in [5.41, 5.74) is 8.70. The summed E-state index contributed by atoms with van der Waals surface area (Å²) in [5, 5.41) is 3.32. The maximum absolute atomic E-state index is 12.6. The SMILES string of the molecule is CCCCCCOC(=O)CCCCCOc1cc2c3cc4nc(cc5[nH]c(cc6nc(cc([nH]3)c2cc1OC)-c1cc2c(cc1-6)OCCOCCOCCOCCO2)c1cc2c(cc51)OCCOCCOCCOCCO2)-c1cc2c(cc1-4)OCCOCCOCCOCCO2. The molecule has 0 atom stereocenters. The maximum atomic E-state index is 12.6. The van der Waals surface area contributed by atoms with Crippen LogP contribution in [0.1, 0.15) is 58.3 Å². The molecule has 8 bridgehead atoms. The van der Waals surface area contributed by atoms with Crippen LogP contribution in [-0.2, 0) is 52.2 Å². The third-order valence-corrected chi connectivity index (χ3v) is 16.7. The highest BCUT2D eigenvalue weighted by molar-refractivity contribution is 6.12. The number of benzene rings is 4. The lowest BCUT2D eigenvalue weighted by molar-refractivity contribution is -0.143. The van der Waals surface area contributed by atoms with E-state index in [1.165, 1.54) is 0 Å². The summed E-state index contributed by atoms with van der Waals surface area (Å²) < 4.78 is 110. The fourth-order valence-electron chi connectivity index (χ4n) is 11.8. The fourth-order valence-corrected chi connectivity index (χ4v) is 11.8. The second-order valence-corrected chi connectivity index (χ2v) is 23.4. The number of hydrogen-bond acceptors (Lipinski definition) is 21. The first-order valence-electron chi connectivity index (χ1n) is 33.8. The van der Waals surface area contributed by atoms with E-state index in [9.17, 15) is 4.79 Å². The van der Waals surface area contributed by atoms with Crippen LogP contribution in [0.15, 0.2) is 72.8 Å². The molecule has 5 aliphatic heterocycles. The number of aromatic amines is 2. The number of carbonyl (C=O) groups excluding carboxylic acids is 1. The van der Waals surface area contributed by atoms with Gasteiger partial charge in [-0.2, -0.15) is 0 Å². The summed E-state index contributed by atoms with van der Waals surface area (Å²) in [6.45, 7) is 11.7. The van der Waals surface area contributed by atoms with Gasteiger partial charge >= 0.3 is 5.97 Å². The standard InChI is InChI=1S/C73H88N4O19/c1-3-4-5-8-12-96-73(78)10-7-6-9-11-89-66-38-50-49(37-65(66)79-2)57-45-59-51-39-67-68(91-32-26-84-20-14-80-13-19-83-25-31-90-67)40-52(51)61(75-59)47-63-55-43-71-72(95-36-30-88-24-18-82-17-23-87-29-35-94-71)44-56(55)64(77-63)48-62-54-42-70-69(41-53(54)60(76-62)46-58(50)74-57)92-33-27-85-21-15-81-16-22-86-28-34-93-70/h37-48,74,77H,3-36H2,1-2H3. The lowest BCUT2D eigenvalue weighted by atomic mass is 10.0. The molecule has 5 aliphatic rings. The van der Waals surface area contributed by atoms with Crippen molar-refractivity contribution in [2.45, 2.75) is 58.3 Å². The van der Waals surface area contributed by atoms with Gasteiger partial charge in [-0.3, -0.25) is 4.79 Å². The number of methoxy groups -OCH3 is 1. The molecule has 7 aromatic rings. The highest BCUT2D eigenvalue weighted by atomic mass is 16.6. The van der Waals surface area contributed by atoms with Crippen LogP contribution >= 0.6 is 0 Å². The van der Waals surface area contributed by atoms with Gasteiger partial charge in [-0.15, -0.1) is 0 Å². The number of ether oxygens (including phenoxy) is 18. The van der Waals surface area contributed by atoms with Gasteiger partial charge in [0.15, 0.2) is 46.0 Å². The van der Waals surface area contributed by atoms with Crippen LogP contribution < -0.4 is 37.9 Å². The molecule has 0 saturated heterocycles. The molecule has 4 aromatic carbocycles. The van der Waals surface area contributed by atoms with Gasteiger partial charge in [-0.1, -0.05) is 26.2 Å². The average molecular weight is 1330 g/mol. The highest BCUT2D eigenvalue weighted by Gasteiger charge is 2.26. The van der Waals surface area contributed by atoms with Crippen LogP contribution in [0, 0.1) is 0 Å². The molecule has 0 radical (unpaired) electrons. The van der Waals surface area contributed by atoms with Crippen LogP contribution in [0.5, 0.6) is 46.0 Å². The summed E-state index contributed by atoms with van der Waals surface area (Å²) >= 11 is 0. The number of fused-ring (bicyclic) bond motifs is 23. The molecule has 514 valence electrons. The van der Waals surface area contributed by atoms with Gasteiger partial charge in [0.25, 0.3) is 0 Å². The van der Waals surface area contributed by atoms with Gasteiger partial charge in [0.1, 0.15) is 39.6 Å². The molecule has 0 aliphatic carbocycles. The molecule has 0 unspecified atom stereocenters. The lowest BCUT2D eigenvalue weighted by Crippen LogP contribution is -2.13. The number of carbonyl (C=O) groups is 1. The number of nitrogens with one attached hydrogen (secondary N) is 2. The van der Waals surface area contributed by atoms with E-state index in [-0.39, 0.29) is 45.6 Å². The van der Waals surface area contributed by atoms with Gasteiger partial charge < -0.3 is 95.2 Å². The topological polar surface area (TPSA) is 241 Å². The first-order chi connectivity index (χ1) is 47.5. The normalized spacial score (nSPS) is 16.9. The first kappa shape index (κ1) is 68.0. The molecular formula is C73H88N4O19. The van der Waals surface area contributed by atoms with Crippen LogP contribution in [0.25, 0.3) is 88.6 Å². The minimum atomic E-state index is -0.160. The summed E-state index contributed by atoms with van der Waals surface area (Å²) in [5.74, 6) is 4.05. The maximum Gasteiger partial charge on any atom is 0.305 e. The van der Waals surface area contributed by atoms with E-state index in [0.29, 0.717) is 220 Å². The van der Waals surface area contributed by atoms with Crippen molar-refractivity contribution in [3.63, 3.8) is 0 Å². The zero-order chi connectivity index (χ0) is 65.5. The lowest BCUT2D eigenvalue weighted by Gasteiger charge is -2.15. The van der Waals surface area contributed by atoms with Gasteiger partial charge in [0.2, 0.25) is 0 Å². The van der Waals surface area contributed by atoms with Crippen LogP contribution in [-0.4, -0.2) is 205 Å². The van der Waals surface area contributed by atoms with Crippen molar-refractivity contribution in [3.05, 3.63) is 72.8 Å². The van der Waals surface area contributed by atoms with E-state index >= 15 is 0 Å². The van der Waals surface area contributed by atoms with E-state index in [1.807, 2.05) is 48.5 Å². The average Bonchev–Trinajstić information content (AvgIpc) is 1.60. The Bertz CT molecular complexity index is 3890. The number of hydrogen-bond donors (Lipinski definition) is 2. The molecule has 3 aromatic heterocycles. The summed E-state index contributed by atoms with van der Waals surface area (Å²) in [4.78, 5) is 31.3. The molecule has 23 heteroatoms. The summed E-state index contributed by atoms with van der Waals surface area (Å²) in [6, 6.07) is 24.2. The van der Waals surface area contributed by atoms with E-state index in [1.54, 1.807) is 7.11 Å². The number of aromatic nitrogens is 4. The number of H-pyrrole nitrogens is 2. The number of nitrogens with zero attached hydrogens (tertiary/aromatic N) is 2. The van der Waals surface area contributed by atoms with Crippen molar-refractivity contribution >= 4 is 49.6 Å². The second-order valence-electron chi connectivity index (χ2n) is 23.4. The van der Waals surface area contributed by atoms with Crippen LogP contribution in [0.3, 0.4) is 0 Å². The number of rotatable bonds is 13. The van der Waals surface area contributed by atoms with Crippen molar-refractivity contribution in [2.75, 3.05) is 179 Å². The third kappa shape index (κ3) is 18.0. The van der Waals surface area contributed by atoms with Gasteiger partial charge in [-0.25, -0.2) is 9.97 Å². The molecule has 12 rings (SSSR count). The predicted octanol–water partition coefficient (Wildman–Crippen LogP) is 11.8. The monoisotopic (exact) mass is 1320 g/mol. The Kier molecular flexibility index (Phi) is 25.0. The van der Waals surface area contributed by atoms with Crippen molar-refractivity contribution in [1.29, 1.82) is 0 Å². The molecule has 8 heterocycles. The van der Waals surface area contributed by atoms with Crippen LogP contribution in [0.4, 0.5) is 0 Å². The van der Waals surface area contributed by atoms with E-state index in [2.05, 4.69) is 41.2 Å². The minimum Gasteiger partial charge on any atom is -0.493 e. The van der Waals surface area contributed by atoms with Gasteiger partial charge in [-0.05, 0) is 98.5 Å². The fraction of sp³-hybridized carbons (Fsp3) is 0.493. The molecule has 96 heavy (non-hydrogen) atoms. The van der Waals surface area contributed by atoms with Gasteiger partial charge in [0, 0.05) is 72.3 Å². The molecule has 23 nitrogen and oxygen atoms in total. The Labute approximate surface area is 558 Å². The summed E-state index contributed by atoms with van der Waals surface area (Å²) in [7, 11) is 1.64. The minimum absolute atomic E-state index is 0.160. The Balaban J connectivity index is 1.04. The first-order valence-corrected chi connectivity index (χ1v) is 33.8. The smallest absolute Gasteiger partial charge is 0.305 e. The van der Waals surface area contributed by atoms with E-state index in [0.717, 1.165) is 98.0 Å². The van der Waals surface area contributed by atoms with Crippen molar-refractivity contribution in [1.82, 2.24) is 19.9 Å². The second kappa shape index (κ2) is 35.3. The Morgan fingerprint density at radius 1 is 0.354 bits per heavy atom. The Hall–Kier alpha value is -7.97. The molecule has 0 amide bonds. The zero-order valence-corrected chi connectivity index (χ0v) is 55.1. The third-order valence-electron chi connectivity index (χ3n) is 16.7. The zero-order valence-electron chi connectivity index (χ0n) is 55.1. The van der Waals surface area contributed by atoms with Crippen LogP contribution in [0.2, 0.25) is 0 Å². The Morgan fingerprint density at radius 3 is 1.00 bits per heavy atom. The van der Waals surface area contributed by atoms with E-state index < -0.39 is 0 Å². The van der Waals surface area contributed by atoms with Crippen molar-refractivity contribution in [3.8, 4) is 91.0 Å². The number of esters is 1. The van der Waals surface area contributed by atoms with Crippen molar-refractivity contribution in [2.24, 2.45) is 0 Å². The predicted molar refractivity (Wildman–Crippen MR) is 361 cm³/mol. The molecule has 2 N–H and O–H groups in total. The Morgan fingerprint density at radius 2 is 0.656 bits per heavy atom. The van der Waals surface area contributed by atoms with E-state index in [4.69, 9.17) is 95.2 Å². The summed E-state index contributed by atoms with van der Waals surface area (Å²) in [6.07, 6.45) is 6.78. The quantitative estimate of drug-likeness (QED) is 0.0805. The largest absolute Gasteiger partial charge is 0.493 e. The van der Waals surface area contributed by atoms with Gasteiger partial charge in [0.05, 0.1) is 162 Å². The van der Waals surface area contributed by atoms with Crippen molar-refractivity contribution < 1.29 is 90.1 Å². The molecule has 0 fully saturated rings. The molecule has 0 spiro atoms. The molecule has 0 saturated carbocycles. The molecular weight excluding hydrogens is 1240 g/mol.